The fourth-order valence-corrected chi connectivity index (χ4v) is 3.21. The molecule has 25 heavy (non-hydrogen) atoms. The lowest BCUT2D eigenvalue weighted by atomic mass is 10.0. The molecule has 0 saturated carbocycles. The van der Waals surface area contributed by atoms with Crippen LogP contribution >= 0.6 is 0 Å². The molecule has 0 aromatic rings. The molecule has 8 heteroatoms. The van der Waals surface area contributed by atoms with Gasteiger partial charge in [-0.2, -0.15) is 8.42 Å². The summed E-state index contributed by atoms with van der Waals surface area (Å²) in [6.07, 6.45) is 7.99. The third-order valence-corrected chi connectivity index (χ3v) is 5.10. The van der Waals surface area contributed by atoms with Crippen LogP contribution in [0.1, 0.15) is 84.5 Å². The van der Waals surface area contributed by atoms with Gasteiger partial charge in [0.05, 0.1) is 6.42 Å². The number of rotatable bonds is 15. The monoisotopic (exact) mass is 380 g/mol. The molecule has 0 spiro atoms. The molecule has 7 nitrogen and oxygen atoms in total. The molecule has 0 aliphatic heterocycles. The zero-order valence-corrected chi connectivity index (χ0v) is 16.1. The highest BCUT2D eigenvalue weighted by atomic mass is 32.2. The number of carboxylic acid groups (broad SMARTS) is 1. The van der Waals surface area contributed by atoms with Crippen LogP contribution in [0.4, 0.5) is 0 Å². The molecule has 0 fully saturated rings. The van der Waals surface area contributed by atoms with Gasteiger partial charge in [-0.25, -0.2) is 0 Å². The minimum absolute atomic E-state index is 0.448. The Labute approximate surface area is 150 Å². The fraction of sp³-hybridized carbons (Fsp3) is 0.882. The zero-order chi connectivity index (χ0) is 19.3. The first kappa shape index (κ1) is 23.9. The van der Waals surface area contributed by atoms with Gasteiger partial charge in [0.2, 0.25) is 0 Å². The molecule has 0 rings (SSSR count). The van der Waals surface area contributed by atoms with E-state index in [-0.39, 0.29) is 0 Å². The average Bonchev–Trinajstić information content (AvgIpc) is 2.51. The Hall–Kier alpha value is -1.15. The van der Waals surface area contributed by atoms with Crippen molar-refractivity contribution < 1.29 is 32.4 Å². The molecular formula is C17H32O7S. The van der Waals surface area contributed by atoms with E-state index in [9.17, 15) is 18.0 Å². The van der Waals surface area contributed by atoms with Crippen molar-refractivity contribution in [1.82, 2.24) is 0 Å². The molecule has 0 saturated heterocycles. The van der Waals surface area contributed by atoms with E-state index in [2.05, 4.69) is 6.92 Å². The summed E-state index contributed by atoms with van der Waals surface area (Å²) in [5.74, 6) is -2.67. The van der Waals surface area contributed by atoms with Crippen molar-refractivity contribution in [3.05, 3.63) is 0 Å². The van der Waals surface area contributed by atoms with Gasteiger partial charge >= 0.3 is 11.9 Å². The van der Waals surface area contributed by atoms with Crippen LogP contribution in [-0.2, 0) is 24.4 Å². The number of carbonyl (C=O) groups is 2. The van der Waals surface area contributed by atoms with Gasteiger partial charge in [-0.05, 0) is 19.3 Å². The van der Waals surface area contributed by atoms with Crippen molar-refractivity contribution in [1.29, 1.82) is 0 Å². The number of carbonyl (C=O) groups excluding carboxylic acids is 1. The van der Waals surface area contributed by atoms with Crippen LogP contribution in [-0.4, -0.2) is 41.4 Å². The molecule has 2 N–H and O–H groups in total. The SMILES string of the molecule is CCCCCCCCC(CCCC)OC(=O)C(CC(=O)O)S(=O)(=O)O. The maximum absolute atomic E-state index is 12.0. The maximum Gasteiger partial charge on any atom is 0.327 e. The summed E-state index contributed by atoms with van der Waals surface area (Å²) in [6, 6.07) is 0. The topological polar surface area (TPSA) is 118 Å². The fourth-order valence-electron chi connectivity index (χ4n) is 2.56. The predicted octanol–water partition coefficient (Wildman–Crippen LogP) is 3.57. The van der Waals surface area contributed by atoms with Crippen molar-refractivity contribution in [2.45, 2.75) is 95.8 Å². The number of hydrogen-bond donors (Lipinski definition) is 2. The summed E-state index contributed by atoms with van der Waals surface area (Å²) in [5, 5.41) is 6.66. The maximum atomic E-state index is 12.0. The number of esters is 1. The smallest absolute Gasteiger partial charge is 0.327 e. The van der Waals surface area contributed by atoms with E-state index in [4.69, 9.17) is 14.4 Å². The van der Waals surface area contributed by atoms with Crippen LogP contribution in [0.5, 0.6) is 0 Å². The number of unbranched alkanes of at least 4 members (excludes halogenated alkanes) is 6. The second-order valence-electron chi connectivity index (χ2n) is 6.36. The van der Waals surface area contributed by atoms with Gasteiger partial charge in [0.15, 0.2) is 5.25 Å². The standard InChI is InChI=1S/C17H32O7S/c1-3-5-7-8-9-10-12-14(11-6-4-2)24-17(20)15(13-16(18)19)25(21,22)23/h14-15H,3-13H2,1-2H3,(H,18,19)(H,21,22,23). The number of ether oxygens (including phenoxy) is 1. The molecule has 0 heterocycles. The molecule has 0 aliphatic carbocycles. The van der Waals surface area contributed by atoms with E-state index >= 15 is 0 Å². The first-order valence-corrected chi connectivity index (χ1v) is 10.6. The van der Waals surface area contributed by atoms with Crippen LogP contribution < -0.4 is 0 Å². The Bertz CT molecular complexity index is 487. The predicted molar refractivity (Wildman–Crippen MR) is 95.0 cm³/mol. The lowest BCUT2D eigenvalue weighted by molar-refractivity contribution is -0.152. The van der Waals surface area contributed by atoms with Crippen LogP contribution in [0.2, 0.25) is 0 Å². The highest BCUT2D eigenvalue weighted by Gasteiger charge is 2.36. The third-order valence-electron chi connectivity index (χ3n) is 4.02. The molecule has 0 aromatic heterocycles. The van der Waals surface area contributed by atoms with Crippen LogP contribution in [0.25, 0.3) is 0 Å². The first-order valence-electron chi connectivity index (χ1n) is 9.10. The Kier molecular flexibility index (Phi) is 12.5. The number of carboxylic acids is 1. The quantitative estimate of drug-likeness (QED) is 0.253. The average molecular weight is 381 g/mol. The summed E-state index contributed by atoms with van der Waals surface area (Å²) in [6.45, 7) is 4.14. The second-order valence-corrected chi connectivity index (χ2v) is 7.96. The largest absolute Gasteiger partial charge is 0.481 e. The van der Waals surface area contributed by atoms with Gasteiger partial charge in [-0.3, -0.25) is 14.1 Å². The number of hydrogen-bond acceptors (Lipinski definition) is 5. The minimum atomic E-state index is -4.82. The van der Waals surface area contributed by atoms with Gasteiger partial charge in [0.1, 0.15) is 6.10 Å². The summed E-state index contributed by atoms with van der Waals surface area (Å²) in [4.78, 5) is 22.8. The van der Waals surface area contributed by atoms with Crippen molar-refractivity contribution >= 4 is 22.1 Å². The normalized spacial score (nSPS) is 14.0. The first-order chi connectivity index (χ1) is 11.7. The Morgan fingerprint density at radius 1 is 0.920 bits per heavy atom. The van der Waals surface area contributed by atoms with E-state index in [1.165, 1.54) is 12.8 Å². The van der Waals surface area contributed by atoms with E-state index in [0.29, 0.717) is 12.8 Å². The van der Waals surface area contributed by atoms with Gasteiger partial charge < -0.3 is 9.84 Å². The van der Waals surface area contributed by atoms with Gasteiger partial charge in [-0.1, -0.05) is 58.8 Å². The summed E-state index contributed by atoms with van der Waals surface area (Å²) < 4.78 is 36.8. The molecule has 0 radical (unpaired) electrons. The Morgan fingerprint density at radius 3 is 1.96 bits per heavy atom. The molecule has 0 amide bonds. The Balaban J connectivity index is 4.64. The molecule has 0 aliphatic rings. The molecule has 2 unspecified atom stereocenters. The van der Waals surface area contributed by atoms with E-state index < -0.39 is 39.8 Å². The van der Waals surface area contributed by atoms with Crippen molar-refractivity contribution in [3.63, 3.8) is 0 Å². The van der Waals surface area contributed by atoms with E-state index in [1.807, 2.05) is 6.92 Å². The molecule has 148 valence electrons. The van der Waals surface area contributed by atoms with Gasteiger partial charge in [-0.15, -0.1) is 0 Å². The second kappa shape index (κ2) is 13.1. The molecule has 2 atom stereocenters. The Morgan fingerprint density at radius 2 is 1.44 bits per heavy atom. The van der Waals surface area contributed by atoms with Crippen molar-refractivity contribution in [3.8, 4) is 0 Å². The highest BCUT2D eigenvalue weighted by Crippen LogP contribution is 2.17. The highest BCUT2D eigenvalue weighted by molar-refractivity contribution is 7.87. The summed E-state index contributed by atoms with van der Waals surface area (Å²) in [7, 11) is -4.82. The van der Waals surface area contributed by atoms with E-state index in [1.54, 1.807) is 0 Å². The lowest BCUT2D eigenvalue weighted by Crippen LogP contribution is -2.36. The van der Waals surface area contributed by atoms with Crippen LogP contribution in [0.3, 0.4) is 0 Å². The van der Waals surface area contributed by atoms with Crippen molar-refractivity contribution in [2.75, 3.05) is 0 Å². The summed E-state index contributed by atoms with van der Waals surface area (Å²) in [5.41, 5.74) is 0. The van der Waals surface area contributed by atoms with E-state index in [0.717, 1.165) is 38.5 Å². The minimum Gasteiger partial charge on any atom is -0.481 e. The number of aliphatic carboxylic acids is 1. The van der Waals surface area contributed by atoms with Crippen LogP contribution in [0, 0.1) is 0 Å². The zero-order valence-electron chi connectivity index (χ0n) is 15.3. The molecule has 0 aromatic carbocycles. The lowest BCUT2D eigenvalue weighted by Gasteiger charge is -2.20. The molecular weight excluding hydrogens is 348 g/mol. The van der Waals surface area contributed by atoms with Crippen LogP contribution in [0.15, 0.2) is 0 Å². The van der Waals surface area contributed by atoms with Gasteiger partial charge in [0, 0.05) is 0 Å². The summed E-state index contributed by atoms with van der Waals surface area (Å²) >= 11 is 0. The third kappa shape index (κ3) is 11.9. The van der Waals surface area contributed by atoms with Crippen molar-refractivity contribution in [2.24, 2.45) is 0 Å². The van der Waals surface area contributed by atoms with Gasteiger partial charge in [0.25, 0.3) is 10.1 Å². The molecule has 0 bridgehead atoms.